The fraction of sp³-hybridized carbons (Fsp3) is 0.235. The van der Waals surface area contributed by atoms with Crippen LogP contribution in [0.3, 0.4) is 0 Å². The highest BCUT2D eigenvalue weighted by Crippen LogP contribution is 2.24. The Morgan fingerprint density at radius 3 is 2.17 bits per heavy atom. The van der Waals surface area contributed by atoms with Gasteiger partial charge in [-0.1, -0.05) is 17.7 Å². The molecule has 2 rings (SSSR count). The van der Waals surface area contributed by atoms with Gasteiger partial charge >= 0.3 is 0 Å². The van der Waals surface area contributed by atoms with Gasteiger partial charge in [-0.3, -0.25) is 4.79 Å². The van der Waals surface area contributed by atoms with Crippen molar-refractivity contribution in [1.29, 1.82) is 0 Å². The van der Waals surface area contributed by atoms with E-state index < -0.39 is 10.0 Å². The van der Waals surface area contributed by atoms with Crippen molar-refractivity contribution in [2.45, 2.75) is 28.9 Å². The molecular formula is C17H20N2O3S2. The summed E-state index contributed by atoms with van der Waals surface area (Å²) in [5.41, 5.74) is 1.74. The molecule has 0 saturated heterocycles. The van der Waals surface area contributed by atoms with E-state index in [0.29, 0.717) is 5.69 Å². The predicted molar refractivity (Wildman–Crippen MR) is 97.8 cm³/mol. The Bertz CT molecular complexity index is 801. The van der Waals surface area contributed by atoms with Gasteiger partial charge in [0.2, 0.25) is 15.9 Å². The van der Waals surface area contributed by atoms with Gasteiger partial charge in [0.05, 0.1) is 10.1 Å². The molecule has 0 radical (unpaired) electrons. The molecule has 0 bridgehead atoms. The SMILES string of the molecule is CNS(=O)(=O)c1ccc(NC(=O)[C@H](C)Sc2ccc(C)cc2)cc1. The normalized spacial score (nSPS) is 12.6. The first-order valence-corrected chi connectivity index (χ1v) is 9.76. The van der Waals surface area contributed by atoms with E-state index in [2.05, 4.69) is 10.0 Å². The second kappa shape index (κ2) is 7.83. The van der Waals surface area contributed by atoms with Crippen LogP contribution in [0.15, 0.2) is 58.3 Å². The maximum Gasteiger partial charge on any atom is 0.240 e. The molecule has 24 heavy (non-hydrogen) atoms. The van der Waals surface area contributed by atoms with Gasteiger partial charge in [-0.2, -0.15) is 0 Å². The summed E-state index contributed by atoms with van der Waals surface area (Å²) in [6, 6.07) is 14.1. The largest absolute Gasteiger partial charge is 0.325 e. The topological polar surface area (TPSA) is 75.3 Å². The van der Waals surface area contributed by atoms with Crippen LogP contribution < -0.4 is 10.0 Å². The van der Waals surface area contributed by atoms with Gasteiger partial charge in [-0.25, -0.2) is 13.1 Å². The quantitative estimate of drug-likeness (QED) is 0.773. The first kappa shape index (κ1) is 18.5. The van der Waals surface area contributed by atoms with Crippen LogP contribution in [0, 0.1) is 6.92 Å². The van der Waals surface area contributed by atoms with Crippen molar-refractivity contribution in [2.75, 3.05) is 12.4 Å². The molecular weight excluding hydrogens is 344 g/mol. The molecule has 0 aliphatic carbocycles. The van der Waals surface area contributed by atoms with Crippen molar-refractivity contribution in [3.8, 4) is 0 Å². The lowest BCUT2D eigenvalue weighted by atomic mass is 10.2. The standard InChI is InChI=1S/C17H20N2O3S2/c1-12-4-8-15(9-5-12)23-13(2)17(20)19-14-6-10-16(11-7-14)24(21,22)18-3/h4-11,13,18H,1-3H3,(H,19,20)/t13-/m0/s1. The second-order valence-corrected chi connectivity index (χ2v) is 8.60. The van der Waals surface area contributed by atoms with Crippen molar-refractivity contribution in [3.63, 3.8) is 0 Å². The molecule has 7 heteroatoms. The number of hydrogen-bond acceptors (Lipinski definition) is 4. The molecule has 0 aliphatic heterocycles. The van der Waals surface area contributed by atoms with Crippen LogP contribution in [0.5, 0.6) is 0 Å². The van der Waals surface area contributed by atoms with Gasteiger partial charge in [0.1, 0.15) is 0 Å². The Hall–Kier alpha value is -1.83. The third kappa shape index (κ3) is 4.83. The second-order valence-electron chi connectivity index (χ2n) is 5.29. The van der Waals surface area contributed by atoms with Crippen LogP contribution in [0.1, 0.15) is 12.5 Å². The third-order valence-electron chi connectivity index (χ3n) is 3.40. The molecule has 2 aromatic rings. The number of sulfonamides is 1. The number of nitrogens with one attached hydrogen (secondary N) is 2. The molecule has 1 atom stereocenters. The number of aryl methyl sites for hydroxylation is 1. The third-order valence-corrected chi connectivity index (χ3v) is 5.95. The Morgan fingerprint density at radius 1 is 1.04 bits per heavy atom. The van der Waals surface area contributed by atoms with E-state index in [1.807, 2.05) is 38.1 Å². The number of carbonyl (C=O) groups excluding carboxylic acids is 1. The fourth-order valence-electron chi connectivity index (χ4n) is 1.95. The van der Waals surface area contributed by atoms with Crippen molar-refractivity contribution < 1.29 is 13.2 Å². The molecule has 0 spiro atoms. The van der Waals surface area contributed by atoms with E-state index in [1.165, 1.54) is 36.5 Å². The molecule has 0 heterocycles. The summed E-state index contributed by atoms with van der Waals surface area (Å²) in [6.45, 7) is 3.85. The zero-order valence-corrected chi connectivity index (χ0v) is 15.4. The minimum atomic E-state index is -3.47. The van der Waals surface area contributed by atoms with Gasteiger partial charge in [0.25, 0.3) is 0 Å². The molecule has 1 amide bonds. The average Bonchev–Trinajstić information content (AvgIpc) is 2.57. The summed E-state index contributed by atoms with van der Waals surface area (Å²) < 4.78 is 25.6. The monoisotopic (exact) mass is 364 g/mol. The highest BCUT2D eigenvalue weighted by atomic mass is 32.2. The summed E-state index contributed by atoms with van der Waals surface area (Å²) in [6.07, 6.45) is 0. The van der Waals surface area contributed by atoms with Crippen LogP contribution >= 0.6 is 11.8 Å². The summed E-state index contributed by atoms with van der Waals surface area (Å²) >= 11 is 1.47. The van der Waals surface area contributed by atoms with Crippen LogP contribution in [0.2, 0.25) is 0 Å². The molecule has 2 aromatic carbocycles. The molecule has 0 aromatic heterocycles. The van der Waals surface area contributed by atoms with E-state index in [1.54, 1.807) is 12.1 Å². The minimum Gasteiger partial charge on any atom is -0.325 e. The van der Waals surface area contributed by atoms with Crippen LogP contribution in [-0.4, -0.2) is 26.6 Å². The van der Waals surface area contributed by atoms with E-state index in [0.717, 1.165) is 4.90 Å². The maximum atomic E-state index is 12.3. The molecule has 2 N–H and O–H groups in total. The summed E-state index contributed by atoms with van der Waals surface area (Å²) in [4.78, 5) is 13.4. The first-order chi connectivity index (χ1) is 11.3. The Kier molecular flexibility index (Phi) is 6.04. The molecule has 0 fully saturated rings. The molecule has 0 aliphatic rings. The Morgan fingerprint density at radius 2 is 1.62 bits per heavy atom. The van der Waals surface area contributed by atoms with Gasteiger partial charge in [-0.15, -0.1) is 11.8 Å². The van der Waals surface area contributed by atoms with Crippen LogP contribution in [0.4, 0.5) is 5.69 Å². The number of anilines is 1. The molecule has 5 nitrogen and oxygen atoms in total. The zero-order chi connectivity index (χ0) is 17.7. The van der Waals surface area contributed by atoms with Gasteiger partial charge in [-0.05, 0) is 57.3 Å². The number of rotatable bonds is 6. The number of carbonyl (C=O) groups is 1. The van der Waals surface area contributed by atoms with Crippen LogP contribution in [0.25, 0.3) is 0 Å². The lowest BCUT2D eigenvalue weighted by Crippen LogP contribution is -2.22. The molecule has 0 saturated carbocycles. The van der Waals surface area contributed by atoms with Crippen molar-refractivity contribution >= 4 is 33.4 Å². The zero-order valence-electron chi connectivity index (χ0n) is 13.7. The van der Waals surface area contributed by atoms with E-state index >= 15 is 0 Å². The summed E-state index contributed by atoms with van der Waals surface area (Å²) in [5.74, 6) is -0.134. The maximum absolute atomic E-state index is 12.3. The fourth-order valence-corrected chi connectivity index (χ4v) is 3.55. The minimum absolute atomic E-state index is 0.134. The van der Waals surface area contributed by atoms with Crippen molar-refractivity contribution in [2.24, 2.45) is 0 Å². The number of hydrogen-bond donors (Lipinski definition) is 2. The van der Waals surface area contributed by atoms with E-state index in [4.69, 9.17) is 0 Å². The first-order valence-electron chi connectivity index (χ1n) is 7.39. The van der Waals surface area contributed by atoms with Gasteiger partial charge in [0.15, 0.2) is 0 Å². The van der Waals surface area contributed by atoms with E-state index in [-0.39, 0.29) is 16.1 Å². The smallest absolute Gasteiger partial charge is 0.240 e. The highest BCUT2D eigenvalue weighted by Gasteiger charge is 2.15. The van der Waals surface area contributed by atoms with Crippen molar-refractivity contribution in [3.05, 3.63) is 54.1 Å². The lowest BCUT2D eigenvalue weighted by Gasteiger charge is -2.12. The Balaban J connectivity index is 1.99. The highest BCUT2D eigenvalue weighted by molar-refractivity contribution is 8.00. The number of benzene rings is 2. The molecule has 128 valence electrons. The Labute approximate surface area is 146 Å². The number of thioether (sulfide) groups is 1. The van der Waals surface area contributed by atoms with Gasteiger partial charge in [0, 0.05) is 10.6 Å². The predicted octanol–water partition coefficient (Wildman–Crippen LogP) is 3.02. The summed E-state index contributed by atoms with van der Waals surface area (Å²) in [7, 11) is -2.11. The van der Waals surface area contributed by atoms with Crippen LogP contribution in [-0.2, 0) is 14.8 Å². The van der Waals surface area contributed by atoms with E-state index in [9.17, 15) is 13.2 Å². The summed E-state index contributed by atoms with van der Waals surface area (Å²) in [5, 5.41) is 2.53. The van der Waals surface area contributed by atoms with Crippen molar-refractivity contribution in [1.82, 2.24) is 4.72 Å². The van der Waals surface area contributed by atoms with Gasteiger partial charge < -0.3 is 5.32 Å². The number of amides is 1. The molecule has 0 unspecified atom stereocenters. The lowest BCUT2D eigenvalue weighted by molar-refractivity contribution is -0.115. The average molecular weight is 364 g/mol.